The van der Waals surface area contributed by atoms with Gasteiger partial charge in [-0.3, -0.25) is 9.59 Å². The molecule has 0 bridgehead atoms. The number of alkyl halides is 3. The van der Waals surface area contributed by atoms with Crippen LogP contribution in [0.25, 0.3) is 16.5 Å². The smallest absolute Gasteiger partial charge is 0.461 e. The standard InChI is InChI=1S/C21H20F3N3O5S/c1-5-31-18(29)15-13-10-33-16(25-19(30)20(2,3)4)14(13)17(28)27(26-15)11-6-8-12(9-7-11)32-21(22,23)24/h6-10H,5H2,1-4H3,(H,25,30). The van der Waals surface area contributed by atoms with E-state index in [9.17, 15) is 27.6 Å². The highest BCUT2D eigenvalue weighted by Gasteiger charge is 2.31. The Kier molecular flexibility index (Phi) is 6.50. The number of fused-ring (bicyclic) bond motifs is 1. The van der Waals surface area contributed by atoms with Crippen molar-refractivity contribution >= 4 is 39.0 Å². The van der Waals surface area contributed by atoms with Crippen LogP contribution in [0.5, 0.6) is 5.75 Å². The van der Waals surface area contributed by atoms with Gasteiger partial charge >= 0.3 is 12.3 Å². The Labute approximate surface area is 189 Å². The Morgan fingerprint density at radius 1 is 1.15 bits per heavy atom. The van der Waals surface area contributed by atoms with E-state index in [1.807, 2.05) is 0 Å². The van der Waals surface area contributed by atoms with E-state index in [1.54, 1.807) is 27.7 Å². The second-order valence-corrected chi connectivity index (χ2v) is 8.77. The number of ether oxygens (including phenoxy) is 2. The van der Waals surface area contributed by atoms with Gasteiger partial charge in [0, 0.05) is 16.2 Å². The van der Waals surface area contributed by atoms with Crippen LogP contribution >= 0.6 is 11.3 Å². The number of hydrogen-bond donors (Lipinski definition) is 1. The van der Waals surface area contributed by atoms with Gasteiger partial charge in [0.05, 0.1) is 17.7 Å². The molecule has 1 aromatic carbocycles. The van der Waals surface area contributed by atoms with Crippen LogP contribution in [-0.4, -0.2) is 34.6 Å². The third-order valence-corrected chi connectivity index (χ3v) is 5.24. The van der Waals surface area contributed by atoms with Gasteiger partial charge in [0.2, 0.25) is 5.91 Å². The molecule has 0 saturated heterocycles. The summed E-state index contributed by atoms with van der Waals surface area (Å²) in [5, 5.41) is 8.75. The number of nitrogens with zero attached hydrogens (tertiary/aromatic N) is 2. The molecule has 3 rings (SSSR count). The average molecular weight is 483 g/mol. The van der Waals surface area contributed by atoms with Crippen LogP contribution in [0.3, 0.4) is 0 Å². The Hall–Kier alpha value is -3.41. The molecule has 0 spiro atoms. The molecule has 0 atom stereocenters. The Bertz CT molecular complexity index is 1260. The first-order valence-corrected chi connectivity index (χ1v) is 10.6. The minimum absolute atomic E-state index is 0.0336. The lowest BCUT2D eigenvalue weighted by molar-refractivity contribution is -0.274. The molecule has 0 saturated carbocycles. The monoisotopic (exact) mass is 483 g/mol. The normalized spacial score (nSPS) is 12.0. The highest BCUT2D eigenvalue weighted by molar-refractivity contribution is 7.16. The Balaban J connectivity index is 2.18. The fourth-order valence-electron chi connectivity index (χ4n) is 2.75. The molecule has 0 aliphatic rings. The van der Waals surface area contributed by atoms with Gasteiger partial charge in [-0.15, -0.1) is 24.5 Å². The molecule has 0 aliphatic heterocycles. The number of amides is 1. The lowest BCUT2D eigenvalue weighted by Crippen LogP contribution is -2.29. The summed E-state index contributed by atoms with van der Waals surface area (Å²) in [7, 11) is 0. The molecule has 8 nitrogen and oxygen atoms in total. The predicted molar refractivity (Wildman–Crippen MR) is 116 cm³/mol. The molecule has 0 aliphatic carbocycles. The van der Waals surface area contributed by atoms with Gasteiger partial charge in [0.1, 0.15) is 10.8 Å². The molecule has 176 valence electrons. The highest BCUT2D eigenvalue weighted by atomic mass is 32.1. The van der Waals surface area contributed by atoms with Crippen LogP contribution in [0.4, 0.5) is 18.2 Å². The van der Waals surface area contributed by atoms with Crippen LogP contribution in [0.15, 0.2) is 34.4 Å². The van der Waals surface area contributed by atoms with Crippen molar-refractivity contribution in [2.75, 3.05) is 11.9 Å². The van der Waals surface area contributed by atoms with Crippen LogP contribution in [0.1, 0.15) is 38.2 Å². The van der Waals surface area contributed by atoms with E-state index in [0.717, 1.165) is 28.2 Å². The lowest BCUT2D eigenvalue weighted by Gasteiger charge is -2.17. The summed E-state index contributed by atoms with van der Waals surface area (Å²) in [5.41, 5.74) is -1.51. The molecule has 3 aromatic rings. The summed E-state index contributed by atoms with van der Waals surface area (Å²) in [6.07, 6.45) is -4.87. The second-order valence-electron chi connectivity index (χ2n) is 7.89. The molecule has 0 radical (unpaired) electrons. The minimum Gasteiger partial charge on any atom is -0.461 e. The minimum atomic E-state index is -4.87. The summed E-state index contributed by atoms with van der Waals surface area (Å²) in [4.78, 5) is 38.3. The van der Waals surface area contributed by atoms with Gasteiger partial charge in [-0.05, 0) is 31.2 Å². The summed E-state index contributed by atoms with van der Waals surface area (Å²) in [6.45, 7) is 6.77. The first-order chi connectivity index (χ1) is 15.3. The first kappa shape index (κ1) is 24.2. The molecule has 1 amide bonds. The van der Waals surface area contributed by atoms with E-state index in [4.69, 9.17) is 4.74 Å². The van der Waals surface area contributed by atoms with Crippen molar-refractivity contribution < 1.29 is 32.2 Å². The predicted octanol–water partition coefficient (Wildman–Crippen LogP) is 4.51. The third-order valence-electron chi connectivity index (χ3n) is 4.34. The van der Waals surface area contributed by atoms with E-state index in [-0.39, 0.29) is 39.7 Å². The zero-order valence-corrected chi connectivity index (χ0v) is 18.9. The number of esters is 1. The Morgan fingerprint density at radius 2 is 1.79 bits per heavy atom. The summed E-state index contributed by atoms with van der Waals surface area (Å²) in [5.74, 6) is -1.63. The Morgan fingerprint density at radius 3 is 2.33 bits per heavy atom. The van der Waals surface area contributed by atoms with E-state index >= 15 is 0 Å². The fraction of sp³-hybridized carbons (Fsp3) is 0.333. The van der Waals surface area contributed by atoms with Crippen molar-refractivity contribution in [2.45, 2.75) is 34.1 Å². The number of nitrogens with one attached hydrogen (secondary N) is 1. The maximum absolute atomic E-state index is 13.3. The topological polar surface area (TPSA) is 99.5 Å². The quantitative estimate of drug-likeness (QED) is 0.536. The number of thiophene rings is 1. The molecule has 0 fully saturated rings. The zero-order valence-electron chi connectivity index (χ0n) is 18.1. The van der Waals surface area contributed by atoms with Gasteiger partial charge in [-0.25, -0.2) is 4.79 Å². The summed E-state index contributed by atoms with van der Waals surface area (Å²) in [6, 6.07) is 4.41. The number of benzene rings is 1. The number of hydrogen-bond acceptors (Lipinski definition) is 7. The number of carbonyl (C=O) groups is 2. The van der Waals surface area contributed by atoms with Gasteiger partial charge in [-0.1, -0.05) is 20.8 Å². The largest absolute Gasteiger partial charge is 0.573 e. The van der Waals surface area contributed by atoms with Crippen molar-refractivity contribution in [1.29, 1.82) is 0 Å². The number of aromatic nitrogens is 2. The maximum atomic E-state index is 13.3. The van der Waals surface area contributed by atoms with Crippen LogP contribution in [0, 0.1) is 5.41 Å². The molecule has 0 unspecified atom stereocenters. The van der Waals surface area contributed by atoms with Crippen LogP contribution in [-0.2, 0) is 9.53 Å². The van der Waals surface area contributed by atoms with Crippen molar-refractivity contribution in [2.24, 2.45) is 5.41 Å². The molecule has 12 heteroatoms. The molecule has 1 N–H and O–H groups in total. The maximum Gasteiger partial charge on any atom is 0.573 e. The van der Waals surface area contributed by atoms with E-state index in [2.05, 4.69) is 15.2 Å². The van der Waals surface area contributed by atoms with E-state index in [1.165, 1.54) is 17.5 Å². The van der Waals surface area contributed by atoms with Crippen LogP contribution in [0.2, 0.25) is 0 Å². The zero-order chi connectivity index (χ0) is 24.6. The number of carbonyl (C=O) groups excluding carboxylic acids is 2. The second kappa shape index (κ2) is 8.85. The molecule has 2 heterocycles. The molecular formula is C21H20F3N3O5S. The number of anilines is 1. The van der Waals surface area contributed by atoms with Gasteiger partial charge in [0.25, 0.3) is 5.56 Å². The van der Waals surface area contributed by atoms with Crippen molar-refractivity contribution in [1.82, 2.24) is 9.78 Å². The van der Waals surface area contributed by atoms with Crippen molar-refractivity contribution in [3.05, 3.63) is 45.7 Å². The van der Waals surface area contributed by atoms with Gasteiger partial charge < -0.3 is 14.8 Å². The number of rotatable bonds is 5. The van der Waals surface area contributed by atoms with Gasteiger partial charge in [-0.2, -0.15) is 9.78 Å². The average Bonchev–Trinajstić information content (AvgIpc) is 3.11. The van der Waals surface area contributed by atoms with Gasteiger partial charge in [0.15, 0.2) is 5.69 Å². The fourth-order valence-corrected chi connectivity index (χ4v) is 3.68. The molecule has 2 aromatic heterocycles. The van der Waals surface area contributed by atoms with E-state index in [0.29, 0.717) is 0 Å². The molecule has 33 heavy (non-hydrogen) atoms. The van der Waals surface area contributed by atoms with Crippen molar-refractivity contribution in [3.63, 3.8) is 0 Å². The van der Waals surface area contributed by atoms with E-state index < -0.39 is 29.1 Å². The summed E-state index contributed by atoms with van der Waals surface area (Å²) >= 11 is 1.05. The van der Waals surface area contributed by atoms with Crippen molar-refractivity contribution in [3.8, 4) is 11.4 Å². The lowest BCUT2D eigenvalue weighted by atomic mass is 9.96. The van der Waals surface area contributed by atoms with Crippen LogP contribution < -0.4 is 15.6 Å². The third kappa shape index (κ3) is 5.33. The summed E-state index contributed by atoms with van der Waals surface area (Å²) < 4.78 is 47.1. The first-order valence-electron chi connectivity index (χ1n) is 9.71. The number of halogens is 3. The highest BCUT2D eigenvalue weighted by Crippen LogP contribution is 2.32. The molecular weight excluding hydrogens is 463 g/mol. The SMILES string of the molecule is CCOC(=O)c1nn(-c2ccc(OC(F)(F)F)cc2)c(=O)c2c(NC(=O)C(C)(C)C)scc12.